The first kappa shape index (κ1) is 18.9. The minimum absolute atomic E-state index is 0.308. The molecule has 0 spiro atoms. The van der Waals surface area contributed by atoms with Gasteiger partial charge >= 0.3 is 0 Å². The number of hydrogen-bond donors (Lipinski definition) is 1. The van der Waals surface area contributed by atoms with Crippen LogP contribution in [-0.2, 0) is 0 Å². The van der Waals surface area contributed by atoms with Gasteiger partial charge in [0.2, 0.25) is 0 Å². The zero-order valence-corrected chi connectivity index (χ0v) is 16.6. The number of nitrogens with one attached hydrogen (secondary N) is 1. The maximum atomic E-state index is 13.3. The molecule has 146 valence electrons. The number of halogens is 1. The summed E-state index contributed by atoms with van der Waals surface area (Å²) in [5.41, 5.74) is 2.39. The van der Waals surface area contributed by atoms with Crippen molar-refractivity contribution in [2.45, 2.75) is 0 Å². The van der Waals surface area contributed by atoms with E-state index in [9.17, 15) is 4.79 Å². The predicted molar refractivity (Wildman–Crippen MR) is 114 cm³/mol. The fourth-order valence-corrected chi connectivity index (χ4v) is 3.42. The van der Waals surface area contributed by atoms with Crippen LogP contribution in [0.15, 0.2) is 71.1 Å². The Balaban J connectivity index is 1.82. The molecule has 1 N–H and O–H groups in total. The summed E-state index contributed by atoms with van der Waals surface area (Å²) < 4.78 is 16.5. The molecule has 5 nitrogen and oxygen atoms in total. The number of benzene rings is 3. The molecule has 0 radical (unpaired) electrons. The van der Waals surface area contributed by atoms with Crippen LogP contribution in [0.1, 0.15) is 10.4 Å². The minimum atomic E-state index is -0.308. The zero-order valence-electron chi connectivity index (χ0n) is 15.9. The Morgan fingerprint density at radius 3 is 2.45 bits per heavy atom. The van der Waals surface area contributed by atoms with E-state index >= 15 is 0 Å². The van der Waals surface area contributed by atoms with Gasteiger partial charge in [-0.3, -0.25) is 4.79 Å². The molecule has 1 aromatic heterocycles. The number of methoxy groups -OCH3 is 2. The average molecular weight is 408 g/mol. The third-order valence-electron chi connectivity index (χ3n) is 4.57. The van der Waals surface area contributed by atoms with E-state index < -0.39 is 0 Å². The highest BCUT2D eigenvalue weighted by Gasteiger charge is 2.23. The maximum Gasteiger partial charge on any atom is 0.260 e. The van der Waals surface area contributed by atoms with Gasteiger partial charge in [-0.1, -0.05) is 41.9 Å². The monoisotopic (exact) mass is 407 g/mol. The Labute approximate surface area is 172 Å². The summed E-state index contributed by atoms with van der Waals surface area (Å²) in [7, 11) is 3.12. The summed E-state index contributed by atoms with van der Waals surface area (Å²) in [6.07, 6.45) is 0. The molecule has 3 aromatic carbocycles. The molecule has 0 aliphatic rings. The largest absolute Gasteiger partial charge is 0.497 e. The molecule has 1 amide bonds. The van der Waals surface area contributed by atoms with E-state index in [4.69, 9.17) is 25.5 Å². The van der Waals surface area contributed by atoms with Crippen LogP contribution < -0.4 is 14.8 Å². The zero-order chi connectivity index (χ0) is 20.4. The van der Waals surface area contributed by atoms with Gasteiger partial charge in [-0.25, -0.2) is 0 Å². The number of hydrogen-bond acceptors (Lipinski definition) is 4. The van der Waals surface area contributed by atoms with Crippen molar-refractivity contribution in [3.63, 3.8) is 0 Å². The molecular weight excluding hydrogens is 390 g/mol. The van der Waals surface area contributed by atoms with Crippen molar-refractivity contribution in [1.29, 1.82) is 0 Å². The fraction of sp³-hybridized carbons (Fsp3) is 0.0870. The predicted octanol–water partition coefficient (Wildman–Crippen LogP) is 6.02. The van der Waals surface area contributed by atoms with Gasteiger partial charge in [-0.05, 0) is 36.4 Å². The highest BCUT2D eigenvalue weighted by atomic mass is 35.5. The van der Waals surface area contributed by atoms with Crippen molar-refractivity contribution in [2.24, 2.45) is 0 Å². The number of anilines is 1. The number of furan rings is 1. The highest BCUT2D eigenvalue weighted by Crippen LogP contribution is 2.36. The van der Waals surface area contributed by atoms with Crippen LogP contribution in [0.3, 0.4) is 0 Å². The van der Waals surface area contributed by atoms with Crippen molar-refractivity contribution < 1.29 is 18.7 Å². The Morgan fingerprint density at radius 1 is 0.966 bits per heavy atom. The number of carbonyl (C=O) groups is 1. The van der Waals surface area contributed by atoms with Crippen LogP contribution in [0, 0.1) is 0 Å². The van der Waals surface area contributed by atoms with Crippen LogP contribution in [0.2, 0.25) is 5.02 Å². The van der Waals surface area contributed by atoms with Crippen molar-refractivity contribution in [3.8, 4) is 22.8 Å². The van der Waals surface area contributed by atoms with Crippen molar-refractivity contribution >= 4 is 34.2 Å². The maximum absolute atomic E-state index is 13.3. The molecule has 4 aromatic rings. The van der Waals surface area contributed by atoms with Crippen LogP contribution in [0.4, 0.5) is 5.69 Å². The summed E-state index contributed by atoms with van der Waals surface area (Å²) in [5, 5.41) is 3.97. The SMILES string of the molecule is COc1ccc2oc(-c3ccccc3)c(C(=O)Nc3ccc(OC)c(Cl)c3)c2c1. The molecule has 0 atom stereocenters. The lowest BCUT2D eigenvalue weighted by Crippen LogP contribution is -2.12. The molecule has 6 heteroatoms. The van der Waals surface area contributed by atoms with Gasteiger partial charge in [-0.2, -0.15) is 0 Å². The van der Waals surface area contributed by atoms with E-state index in [0.29, 0.717) is 44.5 Å². The van der Waals surface area contributed by atoms with Crippen molar-refractivity contribution in [3.05, 3.63) is 77.3 Å². The van der Waals surface area contributed by atoms with Gasteiger partial charge in [0.15, 0.2) is 0 Å². The van der Waals surface area contributed by atoms with E-state index in [1.165, 1.54) is 7.11 Å². The number of carbonyl (C=O) groups excluding carboxylic acids is 1. The quantitative estimate of drug-likeness (QED) is 0.439. The average Bonchev–Trinajstić information content (AvgIpc) is 3.13. The lowest BCUT2D eigenvalue weighted by Gasteiger charge is -2.09. The number of fused-ring (bicyclic) bond motifs is 1. The second kappa shape index (κ2) is 7.89. The third kappa shape index (κ3) is 3.65. The molecule has 0 saturated heterocycles. The lowest BCUT2D eigenvalue weighted by molar-refractivity contribution is 0.102. The molecule has 4 rings (SSSR count). The molecule has 0 saturated carbocycles. The van der Waals surface area contributed by atoms with E-state index in [2.05, 4.69) is 5.32 Å². The van der Waals surface area contributed by atoms with Crippen molar-refractivity contribution in [1.82, 2.24) is 0 Å². The molecule has 0 unspecified atom stereocenters. The Bertz CT molecular complexity index is 1180. The summed E-state index contributed by atoms with van der Waals surface area (Å²) in [6.45, 7) is 0. The molecular formula is C23H18ClNO4. The smallest absolute Gasteiger partial charge is 0.260 e. The Kier molecular flexibility index (Phi) is 5.14. The lowest BCUT2D eigenvalue weighted by atomic mass is 10.0. The number of ether oxygens (including phenoxy) is 2. The van der Waals surface area contributed by atoms with Crippen LogP contribution in [0.25, 0.3) is 22.3 Å². The molecule has 0 bridgehead atoms. The van der Waals surface area contributed by atoms with Gasteiger partial charge in [0.1, 0.15) is 22.8 Å². The van der Waals surface area contributed by atoms with Gasteiger partial charge in [0.05, 0.1) is 24.8 Å². The topological polar surface area (TPSA) is 60.7 Å². The standard InChI is InChI=1S/C23H18ClNO4/c1-27-16-9-11-19-17(13-16)21(22(29-19)14-6-4-3-5-7-14)23(26)25-15-8-10-20(28-2)18(24)12-15/h3-13H,1-2H3,(H,25,26). The van der Waals surface area contributed by atoms with Gasteiger partial charge < -0.3 is 19.2 Å². The van der Waals surface area contributed by atoms with E-state index in [1.807, 2.05) is 30.3 Å². The summed E-state index contributed by atoms with van der Waals surface area (Å²) in [6, 6.07) is 20.0. The van der Waals surface area contributed by atoms with Gasteiger partial charge in [-0.15, -0.1) is 0 Å². The van der Waals surface area contributed by atoms with Gasteiger partial charge in [0.25, 0.3) is 5.91 Å². The third-order valence-corrected chi connectivity index (χ3v) is 4.86. The minimum Gasteiger partial charge on any atom is -0.497 e. The molecule has 0 aliphatic heterocycles. The molecule has 0 aliphatic carbocycles. The Hall–Kier alpha value is -3.44. The molecule has 1 heterocycles. The Morgan fingerprint density at radius 2 is 1.76 bits per heavy atom. The summed E-state index contributed by atoms with van der Waals surface area (Å²) in [5.74, 6) is 1.36. The highest BCUT2D eigenvalue weighted by molar-refractivity contribution is 6.32. The number of rotatable bonds is 5. The summed E-state index contributed by atoms with van der Waals surface area (Å²) in [4.78, 5) is 13.3. The first-order valence-corrected chi connectivity index (χ1v) is 9.29. The molecule has 0 fully saturated rings. The van der Waals surface area contributed by atoms with E-state index in [0.717, 1.165) is 5.56 Å². The summed E-state index contributed by atoms with van der Waals surface area (Å²) >= 11 is 6.19. The first-order valence-electron chi connectivity index (χ1n) is 8.91. The van der Waals surface area contributed by atoms with Gasteiger partial charge in [0, 0.05) is 16.6 Å². The van der Waals surface area contributed by atoms with E-state index in [-0.39, 0.29) is 5.91 Å². The normalized spacial score (nSPS) is 10.7. The fourth-order valence-electron chi connectivity index (χ4n) is 3.16. The first-order chi connectivity index (χ1) is 14.1. The van der Waals surface area contributed by atoms with Crippen molar-refractivity contribution in [2.75, 3.05) is 19.5 Å². The second-order valence-corrected chi connectivity index (χ2v) is 6.74. The van der Waals surface area contributed by atoms with E-state index in [1.54, 1.807) is 43.5 Å². The molecule has 29 heavy (non-hydrogen) atoms. The van der Waals surface area contributed by atoms with Crippen LogP contribution in [0.5, 0.6) is 11.5 Å². The number of amides is 1. The van der Waals surface area contributed by atoms with Crippen LogP contribution in [-0.4, -0.2) is 20.1 Å². The van der Waals surface area contributed by atoms with Crippen LogP contribution >= 0.6 is 11.6 Å². The second-order valence-electron chi connectivity index (χ2n) is 6.34.